The second-order valence-corrected chi connectivity index (χ2v) is 16.5. The van der Waals surface area contributed by atoms with Gasteiger partial charge in [-0.1, -0.05) is 221 Å². The fourth-order valence-electron chi connectivity index (χ4n) is 7.11. The number of rotatable bonds is 43. The molecule has 0 aliphatic heterocycles. The van der Waals surface area contributed by atoms with Gasteiger partial charge < -0.3 is 20.3 Å². The molecule has 0 radical (unpaired) electrons. The van der Waals surface area contributed by atoms with Crippen LogP contribution in [0.15, 0.2) is 85.1 Å². The number of carbonyl (C=O) groups excluding carboxylic acids is 2. The van der Waals surface area contributed by atoms with Crippen molar-refractivity contribution in [2.45, 2.75) is 238 Å². The third kappa shape index (κ3) is 41.8. The maximum atomic E-state index is 13.2. The monoisotopic (exact) mass is 836 g/mol. The summed E-state index contributed by atoms with van der Waals surface area (Å²) in [5.41, 5.74) is 0. The molecule has 0 aromatic rings. The van der Waals surface area contributed by atoms with Gasteiger partial charge in [0.15, 0.2) is 0 Å². The van der Waals surface area contributed by atoms with E-state index in [0.717, 1.165) is 89.9 Å². The van der Waals surface area contributed by atoms with E-state index in [1.54, 1.807) is 0 Å². The van der Waals surface area contributed by atoms with Crippen LogP contribution in [0.4, 0.5) is 0 Å². The summed E-state index contributed by atoms with van der Waals surface area (Å²) in [5.74, 6) is -0.574. The summed E-state index contributed by atoms with van der Waals surface area (Å²) in [6, 6.07) is -0.731. The molecule has 1 amide bonds. The molecule has 0 aromatic heterocycles. The SMILES string of the molecule is CC/C=C/C=C/C=C\C=C/CCCC(CC(=O)NC(CO)C(O)CCCCCCCCCCCCCCCCCC)OC(=O)CCCCCC/C=C/C/C=C/C/C=C/CC. The summed E-state index contributed by atoms with van der Waals surface area (Å²) in [6.07, 6.45) is 60.8. The van der Waals surface area contributed by atoms with Gasteiger partial charge in [0.2, 0.25) is 5.91 Å². The molecule has 3 unspecified atom stereocenters. The van der Waals surface area contributed by atoms with Crippen molar-refractivity contribution in [3.8, 4) is 0 Å². The minimum atomic E-state index is -0.812. The van der Waals surface area contributed by atoms with Crippen LogP contribution >= 0.6 is 0 Å². The Morgan fingerprint density at radius 1 is 0.517 bits per heavy atom. The highest BCUT2D eigenvalue weighted by molar-refractivity contribution is 5.77. The zero-order valence-corrected chi connectivity index (χ0v) is 39.1. The van der Waals surface area contributed by atoms with Crippen LogP contribution in [0.5, 0.6) is 0 Å². The first-order valence-electron chi connectivity index (χ1n) is 24.9. The number of hydrogen-bond donors (Lipinski definition) is 3. The molecular formula is C54H93NO5. The summed E-state index contributed by atoms with van der Waals surface area (Å²) in [7, 11) is 0. The van der Waals surface area contributed by atoms with Crippen LogP contribution in [0, 0.1) is 0 Å². The Morgan fingerprint density at radius 2 is 1.00 bits per heavy atom. The number of allylic oxidation sites excluding steroid dienone is 14. The maximum Gasteiger partial charge on any atom is 0.306 e. The first-order chi connectivity index (χ1) is 29.5. The number of amides is 1. The summed E-state index contributed by atoms with van der Waals surface area (Å²) in [4.78, 5) is 26.0. The van der Waals surface area contributed by atoms with Gasteiger partial charge in [0.05, 0.1) is 25.2 Å². The lowest BCUT2D eigenvalue weighted by Gasteiger charge is -2.24. The third-order valence-corrected chi connectivity index (χ3v) is 10.8. The first kappa shape index (κ1) is 57.0. The van der Waals surface area contributed by atoms with Crippen molar-refractivity contribution in [1.82, 2.24) is 5.32 Å². The Balaban J connectivity index is 4.61. The van der Waals surface area contributed by atoms with Gasteiger partial charge in [-0.25, -0.2) is 0 Å². The fraction of sp³-hybridized carbons (Fsp3) is 0.704. The van der Waals surface area contributed by atoms with Crippen molar-refractivity contribution < 1.29 is 24.5 Å². The predicted molar refractivity (Wildman–Crippen MR) is 259 cm³/mol. The van der Waals surface area contributed by atoms with Crippen LogP contribution in [-0.4, -0.2) is 46.9 Å². The van der Waals surface area contributed by atoms with E-state index in [-0.39, 0.29) is 24.9 Å². The number of ether oxygens (including phenoxy) is 1. The van der Waals surface area contributed by atoms with E-state index in [2.05, 4.69) is 74.7 Å². The molecular weight excluding hydrogens is 743 g/mol. The first-order valence-corrected chi connectivity index (χ1v) is 24.9. The van der Waals surface area contributed by atoms with Crippen molar-refractivity contribution >= 4 is 11.9 Å². The highest BCUT2D eigenvalue weighted by atomic mass is 16.5. The average Bonchev–Trinajstić information content (AvgIpc) is 3.24. The number of hydrogen-bond acceptors (Lipinski definition) is 5. The van der Waals surface area contributed by atoms with E-state index < -0.39 is 18.2 Å². The van der Waals surface area contributed by atoms with Crippen LogP contribution in [0.25, 0.3) is 0 Å². The summed E-state index contributed by atoms with van der Waals surface area (Å²) >= 11 is 0. The topological polar surface area (TPSA) is 95.9 Å². The average molecular weight is 836 g/mol. The minimum Gasteiger partial charge on any atom is -0.462 e. The van der Waals surface area contributed by atoms with Gasteiger partial charge in [0.1, 0.15) is 6.10 Å². The van der Waals surface area contributed by atoms with Crippen molar-refractivity contribution in [1.29, 1.82) is 0 Å². The minimum absolute atomic E-state index is 0.0185. The molecule has 0 aliphatic carbocycles. The molecule has 3 N–H and O–H groups in total. The highest BCUT2D eigenvalue weighted by Gasteiger charge is 2.24. The van der Waals surface area contributed by atoms with Crippen molar-refractivity contribution in [2.24, 2.45) is 0 Å². The largest absolute Gasteiger partial charge is 0.462 e. The van der Waals surface area contributed by atoms with E-state index in [4.69, 9.17) is 4.74 Å². The number of nitrogens with one attached hydrogen (secondary N) is 1. The van der Waals surface area contributed by atoms with Crippen LogP contribution in [0.1, 0.15) is 220 Å². The molecule has 0 aromatic carbocycles. The molecule has 0 rings (SSSR count). The van der Waals surface area contributed by atoms with Gasteiger partial charge in [0.25, 0.3) is 0 Å². The van der Waals surface area contributed by atoms with Crippen LogP contribution in [0.2, 0.25) is 0 Å². The van der Waals surface area contributed by atoms with E-state index in [0.29, 0.717) is 19.3 Å². The lowest BCUT2D eigenvalue weighted by atomic mass is 10.0. The Morgan fingerprint density at radius 3 is 1.58 bits per heavy atom. The number of aliphatic hydroxyl groups excluding tert-OH is 2. The molecule has 60 heavy (non-hydrogen) atoms. The third-order valence-electron chi connectivity index (χ3n) is 10.8. The van der Waals surface area contributed by atoms with Crippen molar-refractivity contribution in [2.75, 3.05) is 6.61 Å². The molecule has 0 aliphatic rings. The van der Waals surface area contributed by atoms with Crippen LogP contribution in [0.3, 0.4) is 0 Å². The van der Waals surface area contributed by atoms with Gasteiger partial charge >= 0.3 is 5.97 Å². The molecule has 3 atom stereocenters. The van der Waals surface area contributed by atoms with Crippen LogP contribution < -0.4 is 5.32 Å². The van der Waals surface area contributed by atoms with Gasteiger partial charge in [-0.3, -0.25) is 9.59 Å². The highest BCUT2D eigenvalue weighted by Crippen LogP contribution is 2.17. The molecule has 0 saturated carbocycles. The lowest BCUT2D eigenvalue weighted by molar-refractivity contribution is -0.151. The standard InChI is InChI=1S/C54H93NO5/c1-4-7-10-13-16-19-22-24-26-27-28-31-34-37-40-43-46-52(57)51(49-56)55-53(58)48-50(45-42-39-36-33-30-21-18-15-12-9-6-3)60-54(59)47-44-41-38-35-32-29-25-23-20-17-14-11-8-5-2/h8-9,11-12,15,17-18,20-21,25,29-30,33,36,50-52,56-57H,4-7,10,13-14,16,19,22-24,26-28,31-32,34-35,37-49H2,1-3H3,(H,55,58)/b11-8+,12-9+,18-15+,20-17+,29-25+,30-21-,36-33-. The maximum absolute atomic E-state index is 13.2. The van der Waals surface area contributed by atoms with Gasteiger partial charge in [0, 0.05) is 6.42 Å². The fourth-order valence-corrected chi connectivity index (χ4v) is 7.11. The summed E-state index contributed by atoms with van der Waals surface area (Å²) < 4.78 is 5.87. The quantitative estimate of drug-likeness (QED) is 0.0246. The predicted octanol–water partition coefficient (Wildman–Crippen LogP) is 14.8. The van der Waals surface area contributed by atoms with Gasteiger partial charge in [-0.05, 0) is 70.6 Å². The molecule has 0 bridgehead atoms. The zero-order valence-electron chi connectivity index (χ0n) is 39.1. The lowest BCUT2D eigenvalue weighted by Crippen LogP contribution is -2.46. The van der Waals surface area contributed by atoms with Gasteiger partial charge in [-0.15, -0.1) is 0 Å². The molecule has 0 saturated heterocycles. The van der Waals surface area contributed by atoms with E-state index in [1.165, 1.54) is 83.5 Å². The van der Waals surface area contributed by atoms with E-state index in [9.17, 15) is 19.8 Å². The van der Waals surface area contributed by atoms with Crippen molar-refractivity contribution in [3.63, 3.8) is 0 Å². The van der Waals surface area contributed by atoms with Crippen molar-refractivity contribution in [3.05, 3.63) is 85.1 Å². The molecule has 344 valence electrons. The summed E-state index contributed by atoms with van der Waals surface area (Å²) in [5, 5.41) is 23.7. The normalized spacial score (nSPS) is 14.0. The Bertz CT molecular complexity index is 1160. The number of aliphatic hydroxyl groups is 2. The van der Waals surface area contributed by atoms with E-state index in [1.807, 2.05) is 36.5 Å². The van der Waals surface area contributed by atoms with E-state index >= 15 is 0 Å². The molecule has 0 heterocycles. The zero-order chi connectivity index (χ0) is 43.8. The molecule has 6 heteroatoms. The summed E-state index contributed by atoms with van der Waals surface area (Å²) in [6.45, 7) is 6.20. The van der Waals surface area contributed by atoms with Crippen LogP contribution in [-0.2, 0) is 14.3 Å². The molecule has 0 spiro atoms. The molecule has 6 nitrogen and oxygen atoms in total. The smallest absolute Gasteiger partial charge is 0.306 e. The molecule has 0 fully saturated rings. The number of esters is 1. The second-order valence-electron chi connectivity index (χ2n) is 16.5. The Hall–Kier alpha value is -2.96. The Kier molecular flexibility index (Phi) is 44.8. The number of unbranched alkanes of at least 4 members (excludes halogenated alkanes) is 20. The Labute approximate surface area is 370 Å². The second kappa shape index (κ2) is 47.1. The number of carbonyl (C=O) groups is 2. The van der Waals surface area contributed by atoms with Gasteiger partial charge in [-0.2, -0.15) is 0 Å².